The highest BCUT2D eigenvalue weighted by Crippen LogP contribution is 2.14. The fourth-order valence-electron chi connectivity index (χ4n) is 1.15. The van der Waals surface area contributed by atoms with Crippen LogP contribution in [-0.4, -0.2) is 36.4 Å². The van der Waals surface area contributed by atoms with Gasteiger partial charge in [-0.25, -0.2) is 9.37 Å². The van der Waals surface area contributed by atoms with E-state index in [2.05, 4.69) is 10.3 Å². The third kappa shape index (κ3) is 2.43. The molecule has 0 bridgehead atoms. The molecule has 0 atom stereocenters. The standard InChI is InChI=1S/C10H14FN3O/c1-4-14(3)10(15)8-5-7(11)6-13-9(8)12-2/h5-6H,4H2,1-3H3,(H,12,13). The van der Waals surface area contributed by atoms with Crippen LogP contribution in [0.25, 0.3) is 0 Å². The van der Waals surface area contributed by atoms with Crippen LogP contribution in [0.2, 0.25) is 0 Å². The van der Waals surface area contributed by atoms with Gasteiger partial charge in [0.05, 0.1) is 11.8 Å². The maximum absolute atomic E-state index is 13.0. The summed E-state index contributed by atoms with van der Waals surface area (Å²) in [5.41, 5.74) is 0.252. The fourth-order valence-corrected chi connectivity index (χ4v) is 1.15. The number of nitrogens with zero attached hydrogens (tertiary/aromatic N) is 2. The van der Waals surface area contributed by atoms with Gasteiger partial charge in [-0.05, 0) is 13.0 Å². The van der Waals surface area contributed by atoms with E-state index in [9.17, 15) is 9.18 Å². The number of carbonyl (C=O) groups excluding carboxylic acids is 1. The predicted octanol–water partition coefficient (Wildman–Crippen LogP) is 1.35. The zero-order chi connectivity index (χ0) is 11.4. The minimum Gasteiger partial charge on any atom is -0.372 e. The highest BCUT2D eigenvalue weighted by atomic mass is 19.1. The summed E-state index contributed by atoms with van der Waals surface area (Å²) in [6.07, 6.45) is 1.08. The molecule has 0 aliphatic rings. The Morgan fingerprint density at radius 3 is 2.87 bits per heavy atom. The van der Waals surface area contributed by atoms with Gasteiger partial charge in [0, 0.05) is 20.6 Å². The van der Waals surface area contributed by atoms with Gasteiger partial charge in [0.2, 0.25) is 0 Å². The summed E-state index contributed by atoms with van der Waals surface area (Å²) in [4.78, 5) is 17.1. The van der Waals surface area contributed by atoms with E-state index in [1.54, 1.807) is 14.1 Å². The molecule has 5 heteroatoms. The van der Waals surface area contributed by atoms with Crippen molar-refractivity contribution < 1.29 is 9.18 Å². The monoisotopic (exact) mass is 211 g/mol. The van der Waals surface area contributed by atoms with Crippen molar-refractivity contribution in [2.24, 2.45) is 0 Å². The Labute approximate surface area is 88.1 Å². The summed E-state index contributed by atoms with van der Waals surface area (Å²) in [5, 5.41) is 2.76. The number of amides is 1. The first-order valence-corrected chi connectivity index (χ1v) is 4.69. The number of carbonyl (C=O) groups is 1. The average Bonchev–Trinajstić information content (AvgIpc) is 2.27. The van der Waals surface area contributed by atoms with Gasteiger partial charge in [0.25, 0.3) is 5.91 Å². The van der Waals surface area contributed by atoms with Gasteiger partial charge < -0.3 is 10.2 Å². The minimum absolute atomic E-state index is 0.242. The van der Waals surface area contributed by atoms with E-state index in [0.717, 1.165) is 6.20 Å². The number of halogens is 1. The van der Waals surface area contributed by atoms with E-state index in [-0.39, 0.29) is 11.5 Å². The number of hydrogen-bond donors (Lipinski definition) is 1. The number of rotatable bonds is 3. The second kappa shape index (κ2) is 4.72. The van der Waals surface area contributed by atoms with Crippen molar-refractivity contribution in [1.29, 1.82) is 0 Å². The Hall–Kier alpha value is -1.65. The maximum Gasteiger partial charge on any atom is 0.257 e. The van der Waals surface area contributed by atoms with Crippen molar-refractivity contribution in [1.82, 2.24) is 9.88 Å². The summed E-state index contributed by atoms with van der Waals surface area (Å²) in [7, 11) is 3.30. The molecule has 1 aromatic heterocycles. The lowest BCUT2D eigenvalue weighted by Crippen LogP contribution is -2.27. The van der Waals surface area contributed by atoms with Gasteiger partial charge in [0.15, 0.2) is 0 Å². The summed E-state index contributed by atoms with van der Waals surface area (Å²) in [6.45, 7) is 2.42. The van der Waals surface area contributed by atoms with E-state index in [0.29, 0.717) is 12.4 Å². The van der Waals surface area contributed by atoms with Crippen LogP contribution in [0.3, 0.4) is 0 Å². The predicted molar refractivity (Wildman–Crippen MR) is 56.4 cm³/mol. The molecule has 82 valence electrons. The van der Waals surface area contributed by atoms with Crippen molar-refractivity contribution in [3.8, 4) is 0 Å². The number of pyridine rings is 1. The Morgan fingerprint density at radius 2 is 2.33 bits per heavy atom. The summed E-state index contributed by atoms with van der Waals surface area (Å²) < 4.78 is 13.0. The molecule has 0 spiro atoms. The number of anilines is 1. The first-order chi connectivity index (χ1) is 7.10. The summed E-state index contributed by atoms with van der Waals surface area (Å²) in [6, 6.07) is 1.19. The summed E-state index contributed by atoms with van der Waals surface area (Å²) >= 11 is 0. The van der Waals surface area contributed by atoms with Crippen LogP contribution < -0.4 is 5.32 Å². The van der Waals surface area contributed by atoms with Crippen LogP contribution in [0, 0.1) is 5.82 Å². The van der Waals surface area contributed by atoms with Crippen molar-refractivity contribution in [3.05, 3.63) is 23.6 Å². The molecule has 0 fully saturated rings. The molecule has 0 aliphatic heterocycles. The SMILES string of the molecule is CCN(C)C(=O)c1cc(F)cnc1NC. The quantitative estimate of drug-likeness (QED) is 0.821. The normalized spacial score (nSPS) is 9.87. The highest BCUT2D eigenvalue weighted by Gasteiger charge is 2.16. The smallest absolute Gasteiger partial charge is 0.257 e. The van der Waals surface area contributed by atoms with E-state index in [1.165, 1.54) is 11.0 Å². The van der Waals surface area contributed by atoms with Gasteiger partial charge in [-0.1, -0.05) is 0 Å². The molecule has 0 aliphatic carbocycles. The molecule has 0 aromatic carbocycles. The van der Waals surface area contributed by atoms with Crippen molar-refractivity contribution in [2.45, 2.75) is 6.92 Å². The topological polar surface area (TPSA) is 45.2 Å². The Kier molecular flexibility index (Phi) is 3.60. The second-order valence-corrected chi connectivity index (χ2v) is 3.12. The number of nitrogens with one attached hydrogen (secondary N) is 1. The molecule has 0 saturated carbocycles. The van der Waals surface area contributed by atoms with E-state index < -0.39 is 5.82 Å². The van der Waals surface area contributed by atoms with Crippen LogP contribution in [0.1, 0.15) is 17.3 Å². The second-order valence-electron chi connectivity index (χ2n) is 3.12. The maximum atomic E-state index is 13.0. The molecule has 0 radical (unpaired) electrons. The zero-order valence-corrected chi connectivity index (χ0v) is 9.04. The van der Waals surface area contributed by atoms with Crippen LogP contribution in [0.15, 0.2) is 12.3 Å². The van der Waals surface area contributed by atoms with Gasteiger partial charge in [-0.3, -0.25) is 4.79 Å². The molecule has 1 rings (SSSR count). The minimum atomic E-state index is -0.512. The first kappa shape index (κ1) is 11.4. The molecule has 15 heavy (non-hydrogen) atoms. The molecular weight excluding hydrogens is 197 g/mol. The zero-order valence-electron chi connectivity index (χ0n) is 9.04. The molecule has 1 aromatic rings. The molecule has 1 heterocycles. The van der Waals surface area contributed by atoms with Crippen LogP contribution in [-0.2, 0) is 0 Å². The fraction of sp³-hybridized carbons (Fsp3) is 0.400. The number of aromatic nitrogens is 1. The molecule has 0 saturated heterocycles. The van der Waals surface area contributed by atoms with Gasteiger partial charge >= 0.3 is 0 Å². The largest absolute Gasteiger partial charge is 0.372 e. The molecular formula is C10H14FN3O. The third-order valence-corrected chi connectivity index (χ3v) is 2.14. The lowest BCUT2D eigenvalue weighted by Gasteiger charge is -2.16. The van der Waals surface area contributed by atoms with Crippen LogP contribution >= 0.6 is 0 Å². The average molecular weight is 211 g/mol. The van der Waals surface area contributed by atoms with Crippen LogP contribution in [0.4, 0.5) is 10.2 Å². The third-order valence-electron chi connectivity index (χ3n) is 2.14. The molecule has 0 unspecified atom stereocenters. The molecule has 1 amide bonds. The Bertz CT molecular complexity index is 368. The van der Waals surface area contributed by atoms with Gasteiger partial charge in [-0.15, -0.1) is 0 Å². The lowest BCUT2D eigenvalue weighted by atomic mass is 10.2. The number of hydrogen-bond acceptors (Lipinski definition) is 3. The van der Waals surface area contributed by atoms with E-state index in [1.807, 2.05) is 6.92 Å². The van der Waals surface area contributed by atoms with Crippen molar-refractivity contribution >= 4 is 11.7 Å². The van der Waals surface area contributed by atoms with Crippen molar-refractivity contribution in [3.63, 3.8) is 0 Å². The van der Waals surface area contributed by atoms with Crippen molar-refractivity contribution in [2.75, 3.05) is 26.0 Å². The van der Waals surface area contributed by atoms with Gasteiger partial charge in [0.1, 0.15) is 11.6 Å². The Morgan fingerprint density at radius 1 is 1.67 bits per heavy atom. The van der Waals surface area contributed by atoms with Gasteiger partial charge in [-0.2, -0.15) is 0 Å². The Balaban J connectivity index is 3.11. The molecule has 1 N–H and O–H groups in total. The highest BCUT2D eigenvalue weighted by molar-refractivity contribution is 5.98. The van der Waals surface area contributed by atoms with E-state index in [4.69, 9.17) is 0 Å². The molecule has 4 nitrogen and oxygen atoms in total. The van der Waals surface area contributed by atoms with Crippen LogP contribution in [0.5, 0.6) is 0 Å². The lowest BCUT2D eigenvalue weighted by molar-refractivity contribution is 0.0802. The summed E-state index contributed by atoms with van der Waals surface area (Å²) in [5.74, 6) is -0.364. The first-order valence-electron chi connectivity index (χ1n) is 4.69. The van der Waals surface area contributed by atoms with E-state index >= 15 is 0 Å².